The number of carboxylic acid groups (broad SMARTS) is 1. The highest BCUT2D eigenvalue weighted by atomic mass is 16.5. The molecule has 0 aromatic heterocycles. The Morgan fingerprint density at radius 3 is 2.79 bits per heavy atom. The first-order valence-corrected chi connectivity index (χ1v) is 6.20. The highest BCUT2D eigenvalue weighted by Gasteiger charge is 2.13. The fraction of sp³-hybridized carbons (Fsp3) is 0.429. The predicted molar refractivity (Wildman–Crippen MR) is 71.1 cm³/mol. The molecule has 1 unspecified atom stereocenters. The van der Waals surface area contributed by atoms with E-state index in [2.05, 4.69) is 5.32 Å². The molecule has 5 heteroatoms. The van der Waals surface area contributed by atoms with Crippen LogP contribution in [0.3, 0.4) is 0 Å². The summed E-state index contributed by atoms with van der Waals surface area (Å²) in [6.07, 6.45) is 0.801. The summed E-state index contributed by atoms with van der Waals surface area (Å²) in [6.45, 7) is 3.84. The standard InChI is InChI=1S/C14H19NO4/c1-10-5-3-6-12(9-10)19-8-4-7-13(16)15-11(2)14(17)18/h3,5-6,9,11H,4,7-8H2,1-2H3,(H,15,16)(H,17,18). The normalized spacial score (nSPS) is 11.7. The molecular formula is C14H19NO4. The van der Waals surface area contributed by atoms with Crippen molar-refractivity contribution >= 4 is 11.9 Å². The number of carbonyl (C=O) groups is 2. The Bertz CT molecular complexity index is 445. The molecule has 0 bridgehead atoms. The van der Waals surface area contributed by atoms with E-state index in [0.29, 0.717) is 13.0 Å². The Morgan fingerprint density at radius 2 is 2.16 bits per heavy atom. The number of benzene rings is 1. The lowest BCUT2D eigenvalue weighted by molar-refractivity contribution is -0.141. The Labute approximate surface area is 112 Å². The van der Waals surface area contributed by atoms with Crippen LogP contribution in [0.4, 0.5) is 0 Å². The first kappa shape index (κ1) is 15.0. The van der Waals surface area contributed by atoms with E-state index in [-0.39, 0.29) is 12.3 Å². The monoisotopic (exact) mass is 265 g/mol. The van der Waals surface area contributed by atoms with Gasteiger partial charge in [0.05, 0.1) is 6.61 Å². The fourth-order valence-corrected chi connectivity index (χ4v) is 1.50. The van der Waals surface area contributed by atoms with Crippen molar-refractivity contribution in [3.05, 3.63) is 29.8 Å². The highest BCUT2D eigenvalue weighted by Crippen LogP contribution is 2.12. The van der Waals surface area contributed by atoms with Crippen LogP contribution in [0.25, 0.3) is 0 Å². The van der Waals surface area contributed by atoms with Crippen molar-refractivity contribution in [2.45, 2.75) is 32.7 Å². The van der Waals surface area contributed by atoms with Gasteiger partial charge in [0.15, 0.2) is 0 Å². The number of carboxylic acids is 1. The van der Waals surface area contributed by atoms with Gasteiger partial charge < -0.3 is 15.2 Å². The maximum absolute atomic E-state index is 11.4. The number of amides is 1. The van der Waals surface area contributed by atoms with Crippen LogP contribution < -0.4 is 10.1 Å². The molecule has 2 N–H and O–H groups in total. The van der Waals surface area contributed by atoms with E-state index in [1.807, 2.05) is 31.2 Å². The number of aryl methyl sites for hydroxylation is 1. The van der Waals surface area contributed by atoms with Gasteiger partial charge in [-0.3, -0.25) is 9.59 Å². The molecule has 0 aliphatic rings. The molecule has 0 aliphatic carbocycles. The maximum Gasteiger partial charge on any atom is 0.325 e. The topological polar surface area (TPSA) is 75.6 Å². The lowest BCUT2D eigenvalue weighted by Gasteiger charge is -2.09. The SMILES string of the molecule is Cc1cccc(OCCCC(=O)NC(C)C(=O)O)c1. The Hall–Kier alpha value is -2.04. The van der Waals surface area contributed by atoms with Crippen molar-refractivity contribution in [2.24, 2.45) is 0 Å². The van der Waals surface area contributed by atoms with Crippen molar-refractivity contribution in [3.63, 3.8) is 0 Å². The smallest absolute Gasteiger partial charge is 0.325 e. The number of hydrogen-bond donors (Lipinski definition) is 2. The molecule has 104 valence electrons. The summed E-state index contributed by atoms with van der Waals surface area (Å²) in [4.78, 5) is 21.9. The van der Waals surface area contributed by atoms with Crippen LogP contribution in [-0.4, -0.2) is 29.6 Å². The Balaban J connectivity index is 2.20. The van der Waals surface area contributed by atoms with Crippen molar-refractivity contribution in [2.75, 3.05) is 6.61 Å². The highest BCUT2D eigenvalue weighted by molar-refractivity contribution is 5.83. The van der Waals surface area contributed by atoms with Crippen molar-refractivity contribution in [3.8, 4) is 5.75 Å². The third-order valence-electron chi connectivity index (χ3n) is 2.55. The maximum atomic E-state index is 11.4. The average Bonchev–Trinajstić information content (AvgIpc) is 2.34. The summed E-state index contributed by atoms with van der Waals surface area (Å²) >= 11 is 0. The van der Waals surface area contributed by atoms with E-state index < -0.39 is 12.0 Å². The Kier molecular flexibility index (Phi) is 5.85. The van der Waals surface area contributed by atoms with Crippen LogP contribution in [-0.2, 0) is 9.59 Å². The quantitative estimate of drug-likeness (QED) is 0.736. The zero-order valence-electron chi connectivity index (χ0n) is 11.2. The fourth-order valence-electron chi connectivity index (χ4n) is 1.50. The molecule has 0 saturated heterocycles. The van der Waals surface area contributed by atoms with Gasteiger partial charge in [0, 0.05) is 6.42 Å². The van der Waals surface area contributed by atoms with Crippen molar-refractivity contribution in [1.29, 1.82) is 0 Å². The van der Waals surface area contributed by atoms with Crippen LogP contribution in [0.1, 0.15) is 25.3 Å². The second-order valence-electron chi connectivity index (χ2n) is 4.40. The minimum Gasteiger partial charge on any atom is -0.494 e. The van der Waals surface area contributed by atoms with Crippen LogP contribution in [0.5, 0.6) is 5.75 Å². The van der Waals surface area contributed by atoms with Crippen LogP contribution in [0.15, 0.2) is 24.3 Å². The lowest BCUT2D eigenvalue weighted by atomic mass is 10.2. The molecule has 5 nitrogen and oxygen atoms in total. The van der Waals surface area contributed by atoms with Gasteiger partial charge in [-0.2, -0.15) is 0 Å². The molecule has 1 atom stereocenters. The van der Waals surface area contributed by atoms with Crippen LogP contribution >= 0.6 is 0 Å². The summed E-state index contributed by atoms with van der Waals surface area (Å²) in [5.41, 5.74) is 1.12. The number of aliphatic carboxylic acids is 1. The molecule has 0 radical (unpaired) electrons. The van der Waals surface area contributed by atoms with Crippen LogP contribution in [0, 0.1) is 6.92 Å². The van der Waals surface area contributed by atoms with E-state index >= 15 is 0 Å². The van der Waals surface area contributed by atoms with Gasteiger partial charge in [-0.25, -0.2) is 0 Å². The van der Waals surface area contributed by atoms with Gasteiger partial charge in [-0.05, 0) is 38.0 Å². The summed E-state index contributed by atoms with van der Waals surface area (Å²) < 4.78 is 5.49. The van der Waals surface area contributed by atoms with Crippen molar-refractivity contribution in [1.82, 2.24) is 5.32 Å². The first-order valence-electron chi connectivity index (χ1n) is 6.20. The molecular weight excluding hydrogens is 246 g/mol. The second kappa shape index (κ2) is 7.41. The third kappa shape index (κ3) is 5.90. The van der Waals surface area contributed by atoms with Gasteiger partial charge in [0.2, 0.25) is 5.91 Å². The molecule has 0 saturated carbocycles. The molecule has 19 heavy (non-hydrogen) atoms. The molecule has 0 aliphatic heterocycles. The summed E-state index contributed by atoms with van der Waals surface area (Å²) in [5, 5.41) is 11.0. The predicted octanol–water partition coefficient (Wildman–Crippen LogP) is 1.74. The largest absolute Gasteiger partial charge is 0.494 e. The molecule has 1 amide bonds. The Morgan fingerprint density at radius 1 is 1.42 bits per heavy atom. The second-order valence-corrected chi connectivity index (χ2v) is 4.40. The number of nitrogens with one attached hydrogen (secondary N) is 1. The molecule has 1 aromatic carbocycles. The summed E-state index contributed by atoms with van der Waals surface area (Å²) in [7, 11) is 0. The zero-order chi connectivity index (χ0) is 14.3. The average molecular weight is 265 g/mol. The summed E-state index contributed by atoms with van der Waals surface area (Å²) in [5.74, 6) is -0.536. The van der Waals surface area contributed by atoms with Gasteiger partial charge in [-0.15, -0.1) is 0 Å². The molecule has 1 rings (SSSR count). The molecule has 0 fully saturated rings. The van der Waals surface area contributed by atoms with Crippen molar-refractivity contribution < 1.29 is 19.4 Å². The van der Waals surface area contributed by atoms with Gasteiger partial charge in [-0.1, -0.05) is 12.1 Å². The minimum absolute atomic E-state index is 0.253. The zero-order valence-corrected chi connectivity index (χ0v) is 11.2. The molecule has 0 spiro atoms. The van der Waals surface area contributed by atoms with Crippen LogP contribution in [0.2, 0.25) is 0 Å². The number of rotatable bonds is 7. The molecule has 1 aromatic rings. The van der Waals surface area contributed by atoms with E-state index in [0.717, 1.165) is 11.3 Å². The van der Waals surface area contributed by atoms with Gasteiger partial charge in [0.25, 0.3) is 0 Å². The van der Waals surface area contributed by atoms with E-state index in [4.69, 9.17) is 9.84 Å². The summed E-state index contributed by atoms with van der Waals surface area (Å²) in [6, 6.07) is 6.82. The lowest BCUT2D eigenvalue weighted by Crippen LogP contribution is -2.38. The number of ether oxygens (including phenoxy) is 1. The van der Waals surface area contributed by atoms with E-state index in [1.165, 1.54) is 6.92 Å². The first-order chi connectivity index (χ1) is 8.99. The number of hydrogen-bond acceptors (Lipinski definition) is 3. The third-order valence-corrected chi connectivity index (χ3v) is 2.55. The minimum atomic E-state index is -1.04. The van der Waals surface area contributed by atoms with E-state index in [9.17, 15) is 9.59 Å². The van der Waals surface area contributed by atoms with Gasteiger partial charge in [0.1, 0.15) is 11.8 Å². The van der Waals surface area contributed by atoms with Gasteiger partial charge >= 0.3 is 5.97 Å². The van der Waals surface area contributed by atoms with E-state index in [1.54, 1.807) is 0 Å². The molecule has 0 heterocycles. The number of carbonyl (C=O) groups excluding carboxylic acids is 1.